The summed E-state index contributed by atoms with van der Waals surface area (Å²) in [4.78, 5) is 0. The molecule has 1 N–H and O–H groups in total. The SMILES string of the molecule is Cc1ccc(-c2cc(Cc3ccc(F)cc3)[nH]n2)c(C)c1. The molecule has 0 saturated heterocycles. The van der Waals surface area contributed by atoms with Crippen LogP contribution in [0.15, 0.2) is 48.5 Å². The first kappa shape index (κ1) is 13.6. The molecule has 0 bridgehead atoms. The molecular formula is C18H17FN2. The van der Waals surface area contributed by atoms with Crippen molar-refractivity contribution in [2.45, 2.75) is 20.3 Å². The average molecular weight is 280 g/mol. The van der Waals surface area contributed by atoms with Gasteiger partial charge in [0.15, 0.2) is 0 Å². The first-order valence-electron chi connectivity index (χ1n) is 6.98. The summed E-state index contributed by atoms with van der Waals surface area (Å²) in [5.74, 6) is -0.209. The third kappa shape index (κ3) is 3.02. The van der Waals surface area contributed by atoms with Crippen molar-refractivity contribution >= 4 is 0 Å². The van der Waals surface area contributed by atoms with Crippen LogP contribution in [-0.4, -0.2) is 10.2 Å². The Bertz CT molecular complexity index is 757. The molecule has 3 heteroatoms. The molecule has 106 valence electrons. The third-order valence-corrected chi connectivity index (χ3v) is 3.60. The minimum Gasteiger partial charge on any atom is -0.282 e. The van der Waals surface area contributed by atoms with E-state index in [1.54, 1.807) is 12.1 Å². The minimum atomic E-state index is -0.209. The number of benzene rings is 2. The number of hydrogen-bond acceptors (Lipinski definition) is 1. The van der Waals surface area contributed by atoms with Gasteiger partial charge in [0.2, 0.25) is 0 Å². The summed E-state index contributed by atoms with van der Waals surface area (Å²) < 4.78 is 12.9. The molecule has 0 fully saturated rings. The van der Waals surface area contributed by atoms with E-state index in [9.17, 15) is 4.39 Å². The van der Waals surface area contributed by atoms with Gasteiger partial charge in [-0.1, -0.05) is 35.9 Å². The molecule has 0 aliphatic rings. The fourth-order valence-electron chi connectivity index (χ4n) is 2.51. The van der Waals surface area contributed by atoms with Crippen LogP contribution in [0.1, 0.15) is 22.4 Å². The largest absolute Gasteiger partial charge is 0.282 e. The van der Waals surface area contributed by atoms with Gasteiger partial charge in [0.25, 0.3) is 0 Å². The molecule has 0 amide bonds. The van der Waals surface area contributed by atoms with Crippen LogP contribution in [0.4, 0.5) is 4.39 Å². The number of H-pyrrole nitrogens is 1. The van der Waals surface area contributed by atoms with Crippen LogP contribution >= 0.6 is 0 Å². The fraction of sp³-hybridized carbons (Fsp3) is 0.167. The molecule has 2 aromatic carbocycles. The lowest BCUT2D eigenvalue weighted by atomic mass is 10.0. The second-order valence-corrected chi connectivity index (χ2v) is 5.40. The average Bonchev–Trinajstić information content (AvgIpc) is 2.90. The van der Waals surface area contributed by atoms with Gasteiger partial charge in [-0.3, -0.25) is 5.10 Å². The Kier molecular flexibility index (Phi) is 3.57. The molecule has 2 nitrogen and oxygen atoms in total. The first-order valence-corrected chi connectivity index (χ1v) is 6.98. The maximum absolute atomic E-state index is 12.9. The van der Waals surface area contributed by atoms with E-state index in [4.69, 9.17) is 0 Å². The van der Waals surface area contributed by atoms with Crippen molar-refractivity contribution in [2.24, 2.45) is 0 Å². The second kappa shape index (κ2) is 5.52. The summed E-state index contributed by atoms with van der Waals surface area (Å²) in [5, 5.41) is 7.46. The minimum absolute atomic E-state index is 0.209. The number of rotatable bonds is 3. The Morgan fingerprint density at radius 3 is 2.48 bits per heavy atom. The van der Waals surface area contributed by atoms with Crippen molar-refractivity contribution in [2.75, 3.05) is 0 Å². The van der Waals surface area contributed by atoms with E-state index in [1.165, 1.54) is 23.3 Å². The molecule has 1 heterocycles. The van der Waals surface area contributed by atoms with Crippen molar-refractivity contribution in [1.29, 1.82) is 0 Å². The predicted octanol–water partition coefficient (Wildman–Crippen LogP) is 4.42. The molecule has 0 unspecified atom stereocenters. The Labute approximate surface area is 123 Å². The summed E-state index contributed by atoms with van der Waals surface area (Å²) in [5.41, 5.74) is 6.64. The van der Waals surface area contributed by atoms with Gasteiger partial charge in [-0.25, -0.2) is 4.39 Å². The van der Waals surface area contributed by atoms with E-state index < -0.39 is 0 Å². The van der Waals surface area contributed by atoms with Crippen molar-refractivity contribution in [1.82, 2.24) is 10.2 Å². The van der Waals surface area contributed by atoms with Crippen LogP contribution in [0.2, 0.25) is 0 Å². The number of hydrogen-bond donors (Lipinski definition) is 1. The maximum Gasteiger partial charge on any atom is 0.123 e. The smallest absolute Gasteiger partial charge is 0.123 e. The van der Waals surface area contributed by atoms with Crippen LogP contribution in [0, 0.1) is 19.7 Å². The van der Waals surface area contributed by atoms with Gasteiger partial charge in [0.1, 0.15) is 5.82 Å². The summed E-state index contributed by atoms with van der Waals surface area (Å²) in [7, 11) is 0. The first-order chi connectivity index (χ1) is 10.1. The molecule has 0 radical (unpaired) electrons. The second-order valence-electron chi connectivity index (χ2n) is 5.40. The lowest BCUT2D eigenvalue weighted by molar-refractivity contribution is 0.627. The fourth-order valence-corrected chi connectivity index (χ4v) is 2.51. The van der Waals surface area contributed by atoms with Gasteiger partial charge >= 0.3 is 0 Å². The highest BCUT2D eigenvalue weighted by atomic mass is 19.1. The molecule has 0 atom stereocenters. The van der Waals surface area contributed by atoms with E-state index in [1.807, 2.05) is 0 Å². The zero-order chi connectivity index (χ0) is 14.8. The van der Waals surface area contributed by atoms with Gasteiger partial charge in [0.05, 0.1) is 5.69 Å². The molecular weight excluding hydrogens is 263 g/mol. The number of aryl methyl sites for hydroxylation is 2. The maximum atomic E-state index is 12.9. The Balaban J connectivity index is 1.84. The zero-order valence-corrected chi connectivity index (χ0v) is 12.2. The van der Waals surface area contributed by atoms with Crippen molar-refractivity contribution in [3.63, 3.8) is 0 Å². The number of nitrogens with one attached hydrogen (secondary N) is 1. The molecule has 1 aromatic heterocycles. The number of nitrogens with zero attached hydrogens (tertiary/aromatic N) is 1. The molecule has 0 spiro atoms. The molecule has 0 aliphatic heterocycles. The summed E-state index contributed by atoms with van der Waals surface area (Å²) in [6, 6.07) is 15.0. The number of aromatic nitrogens is 2. The van der Waals surface area contributed by atoms with Crippen molar-refractivity contribution in [3.05, 3.63) is 76.7 Å². The standard InChI is InChI=1S/C18H17FN2/c1-12-3-8-17(13(2)9-12)18-11-16(20-21-18)10-14-4-6-15(19)7-5-14/h3-9,11H,10H2,1-2H3,(H,20,21). The molecule has 3 rings (SSSR count). The zero-order valence-electron chi connectivity index (χ0n) is 12.2. The van der Waals surface area contributed by atoms with Gasteiger partial charge in [-0.05, 0) is 43.2 Å². The van der Waals surface area contributed by atoms with Crippen molar-refractivity contribution in [3.8, 4) is 11.3 Å². The predicted molar refractivity (Wildman–Crippen MR) is 82.7 cm³/mol. The van der Waals surface area contributed by atoms with Crippen molar-refractivity contribution < 1.29 is 4.39 Å². The van der Waals surface area contributed by atoms with Gasteiger partial charge in [0, 0.05) is 17.7 Å². The molecule has 3 aromatic rings. The van der Waals surface area contributed by atoms with E-state index in [0.29, 0.717) is 0 Å². The van der Waals surface area contributed by atoms with Crippen LogP contribution in [-0.2, 0) is 6.42 Å². The highest BCUT2D eigenvalue weighted by molar-refractivity contribution is 5.64. The van der Waals surface area contributed by atoms with Crippen LogP contribution < -0.4 is 0 Å². The van der Waals surface area contributed by atoms with E-state index >= 15 is 0 Å². The van der Waals surface area contributed by atoms with Crippen LogP contribution in [0.5, 0.6) is 0 Å². The normalized spacial score (nSPS) is 10.8. The summed E-state index contributed by atoms with van der Waals surface area (Å²) in [6.07, 6.45) is 0.720. The van der Waals surface area contributed by atoms with Gasteiger partial charge in [-0.2, -0.15) is 5.10 Å². The highest BCUT2D eigenvalue weighted by Crippen LogP contribution is 2.23. The van der Waals surface area contributed by atoms with Crippen LogP contribution in [0.25, 0.3) is 11.3 Å². The highest BCUT2D eigenvalue weighted by Gasteiger charge is 2.07. The van der Waals surface area contributed by atoms with E-state index in [0.717, 1.165) is 28.9 Å². The topological polar surface area (TPSA) is 28.7 Å². The van der Waals surface area contributed by atoms with E-state index in [2.05, 4.69) is 48.3 Å². The Morgan fingerprint density at radius 2 is 1.76 bits per heavy atom. The lowest BCUT2D eigenvalue weighted by Crippen LogP contribution is -1.88. The number of aromatic amines is 1. The monoisotopic (exact) mass is 280 g/mol. The Hall–Kier alpha value is -2.42. The lowest BCUT2D eigenvalue weighted by Gasteiger charge is -2.03. The quantitative estimate of drug-likeness (QED) is 0.755. The van der Waals surface area contributed by atoms with Gasteiger partial charge in [-0.15, -0.1) is 0 Å². The molecule has 0 aliphatic carbocycles. The van der Waals surface area contributed by atoms with Crippen LogP contribution in [0.3, 0.4) is 0 Å². The summed E-state index contributed by atoms with van der Waals surface area (Å²) >= 11 is 0. The molecule has 0 saturated carbocycles. The third-order valence-electron chi connectivity index (χ3n) is 3.60. The van der Waals surface area contributed by atoms with E-state index in [-0.39, 0.29) is 5.82 Å². The molecule has 21 heavy (non-hydrogen) atoms. The Morgan fingerprint density at radius 1 is 1.00 bits per heavy atom. The van der Waals surface area contributed by atoms with Gasteiger partial charge < -0.3 is 0 Å². The number of halogens is 1. The summed E-state index contributed by atoms with van der Waals surface area (Å²) in [6.45, 7) is 4.18.